The molecule has 7 heteroatoms. The maximum absolute atomic E-state index is 5.65. The fourth-order valence-electron chi connectivity index (χ4n) is 2.50. The van der Waals surface area contributed by atoms with E-state index in [1.165, 1.54) is 0 Å². The summed E-state index contributed by atoms with van der Waals surface area (Å²) in [6, 6.07) is 5.70. The molecule has 22 heavy (non-hydrogen) atoms. The molecule has 0 unspecified atom stereocenters. The first-order valence-corrected chi connectivity index (χ1v) is 7.99. The van der Waals surface area contributed by atoms with Crippen molar-refractivity contribution in [2.45, 2.75) is 0 Å². The number of hydrogen-bond acceptors (Lipinski definition) is 7. The highest BCUT2D eigenvalue weighted by Gasteiger charge is 2.18. The van der Waals surface area contributed by atoms with Gasteiger partial charge >= 0.3 is 0 Å². The lowest BCUT2D eigenvalue weighted by atomic mass is 10.2. The largest absolute Gasteiger partial charge is 0.384 e. The van der Waals surface area contributed by atoms with Gasteiger partial charge in [-0.05, 0) is 23.6 Å². The highest BCUT2D eigenvalue weighted by Crippen LogP contribution is 2.31. The SMILES string of the molecule is Nc1ccc(-c2nc(N3CCOCC3)c3sccc3n2)cn1. The monoisotopic (exact) mass is 313 g/mol. The number of nitrogens with zero attached hydrogens (tertiary/aromatic N) is 4. The van der Waals surface area contributed by atoms with Gasteiger partial charge in [0.05, 0.1) is 23.4 Å². The molecule has 0 bridgehead atoms. The summed E-state index contributed by atoms with van der Waals surface area (Å²) in [5, 5.41) is 2.05. The van der Waals surface area contributed by atoms with E-state index in [0.717, 1.165) is 47.9 Å². The Morgan fingerprint density at radius 2 is 2.00 bits per heavy atom. The van der Waals surface area contributed by atoms with Crippen molar-refractivity contribution in [2.75, 3.05) is 36.9 Å². The Bertz CT molecular complexity index is 795. The first kappa shape index (κ1) is 13.4. The molecule has 112 valence electrons. The maximum Gasteiger partial charge on any atom is 0.163 e. The number of ether oxygens (including phenoxy) is 1. The van der Waals surface area contributed by atoms with Crippen LogP contribution in [0.5, 0.6) is 0 Å². The normalized spacial score (nSPS) is 15.4. The minimum Gasteiger partial charge on any atom is -0.384 e. The zero-order chi connectivity index (χ0) is 14.9. The van der Waals surface area contributed by atoms with E-state index in [-0.39, 0.29) is 0 Å². The molecule has 0 aromatic carbocycles. The fraction of sp³-hybridized carbons (Fsp3) is 0.267. The lowest BCUT2D eigenvalue weighted by Crippen LogP contribution is -2.36. The Kier molecular flexibility index (Phi) is 3.36. The second-order valence-corrected chi connectivity index (χ2v) is 5.99. The molecule has 0 saturated carbocycles. The molecule has 1 aliphatic heterocycles. The fourth-order valence-corrected chi connectivity index (χ4v) is 3.35. The molecule has 0 aliphatic carbocycles. The van der Waals surface area contributed by atoms with Gasteiger partial charge in [0, 0.05) is 24.8 Å². The summed E-state index contributed by atoms with van der Waals surface area (Å²) in [7, 11) is 0. The summed E-state index contributed by atoms with van der Waals surface area (Å²) < 4.78 is 6.56. The Labute approximate surface area is 131 Å². The third-order valence-corrected chi connectivity index (χ3v) is 4.54. The van der Waals surface area contributed by atoms with E-state index < -0.39 is 0 Å². The van der Waals surface area contributed by atoms with Gasteiger partial charge in [-0.3, -0.25) is 0 Å². The van der Waals surface area contributed by atoms with Crippen LogP contribution in [0.25, 0.3) is 21.6 Å². The Balaban J connectivity index is 1.84. The molecule has 0 radical (unpaired) electrons. The molecule has 1 aliphatic rings. The number of rotatable bonds is 2. The summed E-state index contributed by atoms with van der Waals surface area (Å²) in [4.78, 5) is 15.8. The molecule has 0 spiro atoms. The number of fused-ring (bicyclic) bond motifs is 1. The van der Waals surface area contributed by atoms with Gasteiger partial charge in [0.25, 0.3) is 0 Å². The zero-order valence-electron chi connectivity index (χ0n) is 11.9. The molecule has 1 fully saturated rings. The van der Waals surface area contributed by atoms with Crippen molar-refractivity contribution in [2.24, 2.45) is 0 Å². The van der Waals surface area contributed by atoms with Crippen molar-refractivity contribution in [3.05, 3.63) is 29.8 Å². The van der Waals surface area contributed by atoms with E-state index in [0.29, 0.717) is 11.6 Å². The van der Waals surface area contributed by atoms with Crippen molar-refractivity contribution in [3.8, 4) is 11.4 Å². The molecule has 0 amide bonds. The van der Waals surface area contributed by atoms with E-state index in [1.807, 2.05) is 17.5 Å². The van der Waals surface area contributed by atoms with Gasteiger partial charge in [0.1, 0.15) is 5.82 Å². The molecule has 3 aromatic rings. The van der Waals surface area contributed by atoms with Gasteiger partial charge in [0.2, 0.25) is 0 Å². The minimum atomic E-state index is 0.494. The van der Waals surface area contributed by atoms with Crippen LogP contribution in [0.15, 0.2) is 29.8 Å². The zero-order valence-corrected chi connectivity index (χ0v) is 12.7. The third kappa shape index (κ3) is 2.38. The van der Waals surface area contributed by atoms with E-state index >= 15 is 0 Å². The average Bonchev–Trinajstić information content (AvgIpc) is 3.04. The summed E-state index contributed by atoms with van der Waals surface area (Å²) in [6.07, 6.45) is 1.71. The number of pyridine rings is 1. The molecular weight excluding hydrogens is 298 g/mol. The van der Waals surface area contributed by atoms with Gasteiger partial charge in [-0.1, -0.05) is 0 Å². The van der Waals surface area contributed by atoms with E-state index in [4.69, 9.17) is 15.5 Å². The van der Waals surface area contributed by atoms with Gasteiger partial charge in [-0.25, -0.2) is 15.0 Å². The van der Waals surface area contributed by atoms with Crippen LogP contribution in [-0.2, 0) is 4.74 Å². The molecule has 4 rings (SSSR count). The van der Waals surface area contributed by atoms with Crippen LogP contribution in [-0.4, -0.2) is 41.3 Å². The smallest absolute Gasteiger partial charge is 0.163 e. The Morgan fingerprint density at radius 1 is 1.14 bits per heavy atom. The standard InChI is InChI=1S/C15H15N5OS/c16-12-2-1-10(9-17-12)14-18-11-3-8-22-13(11)15(19-14)20-4-6-21-7-5-20/h1-3,8-9H,4-7H2,(H2,16,17). The predicted molar refractivity (Wildman–Crippen MR) is 88.1 cm³/mol. The van der Waals surface area contributed by atoms with Gasteiger partial charge in [-0.2, -0.15) is 0 Å². The summed E-state index contributed by atoms with van der Waals surface area (Å²) in [5.41, 5.74) is 7.49. The first-order valence-electron chi connectivity index (χ1n) is 7.11. The highest BCUT2D eigenvalue weighted by molar-refractivity contribution is 7.17. The molecule has 0 atom stereocenters. The van der Waals surface area contributed by atoms with Crippen LogP contribution in [0.2, 0.25) is 0 Å². The maximum atomic E-state index is 5.65. The quantitative estimate of drug-likeness (QED) is 0.781. The van der Waals surface area contributed by atoms with Crippen molar-refractivity contribution in [1.82, 2.24) is 15.0 Å². The second-order valence-electron chi connectivity index (χ2n) is 5.08. The molecule has 3 aromatic heterocycles. The number of anilines is 2. The topological polar surface area (TPSA) is 77.2 Å². The van der Waals surface area contributed by atoms with Crippen LogP contribution >= 0.6 is 11.3 Å². The van der Waals surface area contributed by atoms with Crippen LogP contribution in [0.3, 0.4) is 0 Å². The molecule has 6 nitrogen and oxygen atoms in total. The number of aromatic nitrogens is 3. The van der Waals surface area contributed by atoms with Gasteiger partial charge in [-0.15, -0.1) is 11.3 Å². The minimum absolute atomic E-state index is 0.494. The van der Waals surface area contributed by atoms with E-state index in [9.17, 15) is 0 Å². The summed E-state index contributed by atoms with van der Waals surface area (Å²) in [5.74, 6) is 2.16. The highest BCUT2D eigenvalue weighted by atomic mass is 32.1. The lowest BCUT2D eigenvalue weighted by Gasteiger charge is -2.28. The third-order valence-electron chi connectivity index (χ3n) is 3.64. The van der Waals surface area contributed by atoms with Crippen molar-refractivity contribution in [3.63, 3.8) is 0 Å². The lowest BCUT2D eigenvalue weighted by molar-refractivity contribution is 0.122. The number of nitrogens with two attached hydrogens (primary N) is 1. The molecule has 4 heterocycles. The van der Waals surface area contributed by atoms with Gasteiger partial charge in [0.15, 0.2) is 11.6 Å². The number of morpholine rings is 1. The molecule has 2 N–H and O–H groups in total. The van der Waals surface area contributed by atoms with Crippen molar-refractivity contribution < 1.29 is 4.74 Å². The predicted octanol–water partition coefficient (Wildman–Crippen LogP) is 2.17. The number of nitrogen functional groups attached to an aromatic ring is 1. The number of thiophene rings is 1. The molecular formula is C15H15N5OS. The van der Waals surface area contributed by atoms with E-state index in [1.54, 1.807) is 23.6 Å². The summed E-state index contributed by atoms with van der Waals surface area (Å²) in [6.45, 7) is 3.16. The van der Waals surface area contributed by atoms with Crippen molar-refractivity contribution >= 4 is 33.2 Å². The Morgan fingerprint density at radius 3 is 2.77 bits per heavy atom. The summed E-state index contributed by atoms with van der Waals surface area (Å²) >= 11 is 1.67. The second kappa shape index (κ2) is 5.51. The first-order chi connectivity index (χ1) is 10.8. The van der Waals surface area contributed by atoms with Crippen LogP contribution in [0.1, 0.15) is 0 Å². The van der Waals surface area contributed by atoms with Crippen LogP contribution < -0.4 is 10.6 Å². The van der Waals surface area contributed by atoms with Gasteiger partial charge < -0.3 is 15.4 Å². The average molecular weight is 313 g/mol. The molecule has 1 saturated heterocycles. The van der Waals surface area contributed by atoms with Crippen LogP contribution in [0, 0.1) is 0 Å². The number of hydrogen-bond donors (Lipinski definition) is 1. The van der Waals surface area contributed by atoms with Crippen molar-refractivity contribution in [1.29, 1.82) is 0 Å². The van der Waals surface area contributed by atoms with E-state index in [2.05, 4.69) is 14.9 Å². The van der Waals surface area contributed by atoms with Crippen LogP contribution in [0.4, 0.5) is 11.6 Å². The Hall–Kier alpha value is -2.25.